The molecule has 1 N–H and O–H groups in total. The van der Waals surface area contributed by atoms with Crippen molar-refractivity contribution < 1.29 is 32.4 Å². The van der Waals surface area contributed by atoms with E-state index < -0.39 is 52.4 Å². The number of nitrogens with one attached hydrogen (secondary N) is 1. The molecule has 0 fully saturated rings. The number of amides is 1. The van der Waals surface area contributed by atoms with Crippen molar-refractivity contribution in [1.82, 2.24) is 0 Å². The number of ether oxygens (including phenoxy) is 1. The molecule has 0 radical (unpaired) electrons. The zero-order valence-corrected chi connectivity index (χ0v) is 15.2. The second-order valence-electron chi connectivity index (χ2n) is 6.01. The monoisotopic (exact) mass is 410 g/mol. The van der Waals surface area contributed by atoms with Crippen LogP contribution in [-0.2, 0) is 20.5 Å². The van der Waals surface area contributed by atoms with E-state index in [0.717, 1.165) is 12.1 Å². The molecule has 0 unspecified atom stereocenters. The first-order valence-corrected chi connectivity index (χ1v) is 8.50. The number of alkyl halides is 3. The Morgan fingerprint density at radius 3 is 2.38 bits per heavy atom. The first-order valence-electron chi connectivity index (χ1n) is 8.50. The summed E-state index contributed by atoms with van der Waals surface area (Å²) in [5.41, 5.74) is -2.12. The van der Waals surface area contributed by atoms with Gasteiger partial charge >= 0.3 is 12.1 Å². The number of esters is 1. The zero-order chi connectivity index (χ0) is 21.6. The van der Waals surface area contributed by atoms with Gasteiger partial charge < -0.3 is 10.1 Å². The highest BCUT2D eigenvalue weighted by Crippen LogP contribution is 2.37. The summed E-state index contributed by atoms with van der Waals surface area (Å²) < 4.78 is 44.3. The van der Waals surface area contributed by atoms with Gasteiger partial charge in [-0.3, -0.25) is 19.7 Å². The van der Waals surface area contributed by atoms with Gasteiger partial charge in [-0.2, -0.15) is 13.2 Å². The summed E-state index contributed by atoms with van der Waals surface area (Å²) in [6, 6.07) is 10.6. The van der Waals surface area contributed by atoms with Crippen LogP contribution in [0.1, 0.15) is 30.4 Å². The fourth-order valence-corrected chi connectivity index (χ4v) is 2.64. The van der Waals surface area contributed by atoms with E-state index >= 15 is 0 Å². The molecule has 0 aliphatic carbocycles. The molecule has 10 heteroatoms. The molecule has 2 aromatic carbocycles. The zero-order valence-electron chi connectivity index (χ0n) is 15.2. The van der Waals surface area contributed by atoms with Crippen molar-refractivity contribution >= 4 is 23.3 Å². The summed E-state index contributed by atoms with van der Waals surface area (Å²) in [6.07, 6.45) is -4.52. The second kappa shape index (κ2) is 9.18. The molecule has 1 atom stereocenters. The Hall–Kier alpha value is -3.43. The van der Waals surface area contributed by atoms with Crippen LogP contribution < -0.4 is 5.32 Å². The number of hydrogen-bond donors (Lipinski definition) is 1. The number of carbonyl (C=O) groups is 2. The molecule has 0 aliphatic rings. The van der Waals surface area contributed by atoms with Gasteiger partial charge in [-0.15, -0.1) is 0 Å². The number of nitrogens with zero attached hydrogens (tertiary/aromatic N) is 1. The number of halogens is 3. The van der Waals surface area contributed by atoms with E-state index in [1.165, 1.54) is 0 Å². The molecule has 0 saturated carbocycles. The number of benzene rings is 2. The highest BCUT2D eigenvalue weighted by molar-refractivity contribution is 5.94. The van der Waals surface area contributed by atoms with Crippen LogP contribution in [0, 0.1) is 10.1 Å². The normalized spacial score (nSPS) is 12.1. The van der Waals surface area contributed by atoms with Crippen molar-refractivity contribution in [3.05, 3.63) is 69.8 Å². The third-order valence-electron chi connectivity index (χ3n) is 4.03. The number of nitro benzene ring substituents is 1. The lowest BCUT2D eigenvalue weighted by Gasteiger charge is -2.16. The van der Waals surface area contributed by atoms with Crippen LogP contribution in [-0.4, -0.2) is 23.4 Å². The summed E-state index contributed by atoms with van der Waals surface area (Å²) in [5, 5.41) is 12.7. The van der Waals surface area contributed by atoms with Crippen LogP contribution in [0.25, 0.3) is 0 Å². The third-order valence-corrected chi connectivity index (χ3v) is 4.03. The summed E-state index contributed by atoms with van der Waals surface area (Å²) in [7, 11) is 0. The average molecular weight is 410 g/mol. The van der Waals surface area contributed by atoms with Gasteiger partial charge in [-0.25, -0.2) is 0 Å². The Bertz CT molecular complexity index is 900. The largest absolute Gasteiger partial charge is 0.455 e. The summed E-state index contributed by atoms with van der Waals surface area (Å²) >= 11 is 0. The van der Waals surface area contributed by atoms with Crippen molar-refractivity contribution in [3.8, 4) is 0 Å². The van der Waals surface area contributed by atoms with Gasteiger partial charge in [0, 0.05) is 12.1 Å². The Morgan fingerprint density at radius 1 is 1.17 bits per heavy atom. The average Bonchev–Trinajstić information content (AvgIpc) is 2.67. The van der Waals surface area contributed by atoms with Crippen LogP contribution in [0.15, 0.2) is 48.5 Å². The Kier molecular flexibility index (Phi) is 6.92. The van der Waals surface area contributed by atoms with Gasteiger partial charge in [0.15, 0.2) is 6.61 Å². The molecule has 2 aromatic rings. The van der Waals surface area contributed by atoms with E-state index in [0.29, 0.717) is 18.1 Å². The lowest BCUT2D eigenvalue weighted by Crippen LogP contribution is -2.25. The summed E-state index contributed by atoms with van der Waals surface area (Å²) in [4.78, 5) is 33.9. The van der Waals surface area contributed by atoms with Gasteiger partial charge in [0.05, 0.1) is 22.1 Å². The van der Waals surface area contributed by atoms with E-state index in [-0.39, 0.29) is 0 Å². The molecule has 0 aromatic heterocycles. The van der Waals surface area contributed by atoms with Gasteiger partial charge in [-0.1, -0.05) is 37.3 Å². The van der Waals surface area contributed by atoms with Crippen LogP contribution in [0.5, 0.6) is 0 Å². The fourth-order valence-electron chi connectivity index (χ4n) is 2.64. The first-order chi connectivity index (χ1) is 13.6. The van der Waals surface area contributed by atoms with Crippen LogP contribution in [0.2, 0.25) is 0 Å². The lowest BCUT2D eigenvalue weighted by atomic mass is 9.97. The highest BCUT2D eigenvalue weighted by Gasteiger charge is 2.35. The molecular weight excluding hydrogens is 393 g/mol. The van der Waals surface area contributed by atoms with Crippen molar-refractivity contribution in [2.45, 2.75) is 25.4 Å². The molecule has 0 spiro atoms. The highest BCUT2D eigenvalue weighted by atomic mass is 19.4. The molecular formula is C19H17F3N2O5. The number of hydrogen-bond acceptors (Lipinski definition) is 5. The molecule has 1 amide bonds. The van der Waals surface area contributed by atoms with Crippen LogP contribution in [0.3, 0.4) is 0 Å². The van der Waals surface area contributed by atoms with E-state index in [1.54, 1.807) is 37.3 Å². The maximum Gasteiger partial charge on any atom is 0.418 e. The SMILES string of the molecule is CC[C@H](C(=O)OCC(=O)Nc1ccc([N+](=O)[O-])cc1C(F)(F)F)c1ccccc1. The minimum Gasteiger partial charge on any atom is -0.455 e. The minimum atomic E-state index is -4.92. The van der Waals surface area contributed by atoms with Gasteiger partial charge in [-0.05, 0) is 18.1 Å². The van der Waals surface area contributed by atoms with E-state index in [9.17, 15) is 32.9 Å². The fraction of sp³-hybridized carbons (Fsp3) is 0.263. The van der Waals surface area contributed by atoms with Crippen LogP contribution >= 0.6 is 0 Å². The molecule has 0 heterocycles. The number of anilines is 1. The van der Waals surface area contributed by atoms with Crippen molar-refractivity contribution in [2.75, 3.05) is 11.9 Å². The Balaban J connectivity index is 2.07. The van der Waals surface area contributed by atoms with Crippen molar-refractivity contribution in [2.24, 2.45) is 0 Å². The number of nitro groups is 1. The maximum atomic E-state index is 13.1. The topological polar surface area (TPSA) is 98.5 Å². The smallest absolute Gasteiger partial charge is 0.418 e. The minimum absolute atomic E-state index is 0.324. The molecule has 154 valence electrons. The van der Waals surface area contributed by atoms with Gasteiger partial charge in [0.1, 0.15) is 0 Å². The first kappa shape index (κ1) is 21.9. The van der Waals surface area contributed by atoms with E-state index in [1.807, 2.05) is 5.32 Å². The molecule has 0 saturated heterocycles. The molecule has 29 heavy (non-hydrogen) atoms. The third kappa shape index (κ3) is 5.77. The quantitative estimate of drug-likeness (QED) is 0.417. The van der Waals surface area contributed by atoms with Crippen molar-refractivity contribution in [1.29, 1.82) is 0 Å². The Morgan fingerprint density at radius 2 is 1.83 bits per heavy atom. The summed E-state index contributed by atoms with van der Waals surface area (Å²) in [5.74, 6) is -2.30. The molecule has 7 nitrogen and oxygen atoms in total. The second-order valence-corrected chi connectivity index (χ2v) is 6.01. The number of carbonyl (C=O) groups excluding carboxylic acids is 2. The standard InChI is InChI=1S/C19H17F3N2O5/c1-2-14(12-6-4-3-5-7-12)18(26)29-11-17(25)23-16-9-8-13(24(27)28)10-15(16)19(20,21)22/h3-10,14H,2,11H2,1H3,(H,23,25)/t14-/m0/s1. The molecule has 0 aliphatic heterocycles. The summed E-state index contributed by atoms with van der Waals surface area (Å²) in [6.45, 7) is 0.960. The maximum absolute atomic E-state index is 13.1. The number of non-ortho nitro benzene ring substituents is 1. The predicted molar refractivity (Wildman–Crippen MR) is 97.2 cm³/mol. The molecule has 0 bridgehead atoms. The van der Waals surface area contributed by atoms with Crippen LogP contribution in [0.4, 0.5) is 24.5 Å². The van der Waals surface area contributed by atoms with Gasteiger partial charge in [0.25, 0.3) is 11.6 Å². The van der Waals surface area contributed by atoms with Crippen molar-refractivity contribution in [3.63, 3.8) is 0 Å². The van der Waals surface area contributed by atoms with E-state index in [4.69, 9.17) is 4.74 Å². The van der Waals surface area contributed by atoms with E-state index in [2.05, 4.69) is 0 Å². The predicted octanol–water partition coefficient (Wildman–Crippen LogP) is 4.29. The lowest BCUT2D eigenvalue weighted by molar-refractivity contribution is -0.385. The number of rotatable bonds is 7. The molecule has 2 rings (SSSR count). The Labute approximate surface area is 163 Å². The van der Waals surface area contributed by atoms with Gasteiger partial charge in [0.2, 0.25) is 0 Å².